The highest BCUT2D eigenvalue weighted by Crippen LogP contribution is 2.29. The molecule has 1 N–H and O–H groups in total. The van der Waals surface area contributed by atoms with Crippen LogP contribution in [0.2, 0.25) is 10.0 Å². The zero-order valence-corrected chi connectivity index (χ0v) is 14.8. The highest BCUT2D eigenvalue weighted by atomic mass is 35.5. The SMILES string of the molecule is CN(c1ccccc1)c1cnc(C(=O)Nc2cccc(Cl)c2Cl)cn1. The topological polar surface area (TPSA) is 58.1 Å². The van der Waals surface area contributed by atoms with Gasteiger partial charge in [-0.3, -0.25) is 4.79 Å². The summed E-state index contributed by atoms with van der Waals surface area (Å²) < 4.78 is 0. The number of hydrogen-bond acceptors (Lipinski definition) is 4. The number of carbonyl (C=O) groups excluding carboxylic acids is 1. The van der Waals surface area contributed by atoms with Gasteiger partial charge in [0.15, 0.2) is 5.82 Å². The van der Waals surface area contributed by atoms with Crippen molar-refractivity contribution in [3.05, 3.63) is 76.7 Å². The van der Waals surface area contributed by atoms with Crippen molar-refractivity contribution in [2.24, 2.45) is 0 Å². The summed E-state index contributed by atoms with van der Waals surface area (Å²) in [5, 5.41) is 3.33. The normalized spacial score (nSPS) is 10.4. The monoisotopic (exact) mass is 372 g/mol. The Bertz CT molecular complexity index is 885. The van der Waals surface area contributed by atoms with Crippen molar-refractivity contribution in [3.8, 4) is 0 Å². The first-order chi connectivity index (χ1) is 12.1. The fourth-order valence-electron chi connectivity index (χ4n) is 2.18. The van der Waals surface area contributed by atoms with E-state index >= 15 is 0 Å². The maximum atomic E-state index is 12.3. The number of benzene rings is 2. The van der Waals surface area contributed by atoms with Gasteiger partial charge in [0, 0.05) is 12.7 Å². The molecule has 0 saturated heterocycles. The van der Waals surface area contributed by atoms with Gasteiger partial charge in [-0.2, -0.15) is 0 Å². The maximum Gasteiger partial charge on any atom is 0.275 e. The summed E-state index contributed by atoms with van der Waals surface area (Å²) >= 11 is 12.0. The number of aromatic nitrogens is 2. The molecular weight excluding hydrogens is 359 g/mol. The van der Waals surface area contributed by atoms with Gasteiger partial charge in [-0.05, 0) is 24.3 Å². The first kappa shape index (κ1) is 17.2. The van der Waals surface area contributed by atoms with Crippen LogP contribution in [-0.2, 0) is 0 Å². The average Bonchev–Trinajstić information content (AvgIpc) is 2.65. The molecule has 3 rings (SSSR count). The second-order valence-corrected chi connectivity index (χ2v) is 6.00. The van der Waals surface area contributed by atoms with Gasteiger partial charge in [0.1, 0.15) is 5.69 Å². The fraction of sp³-hybridized carbons (Fsp3) is 0.0556. The van der Waals surface area contributed by atoms with Gasteiger partial charge in [0.05, 0.1) is 28.1 Å². The van der Waals surface area contributed by atoms with E-state index in [4.69, 9.17) is 23.2 Å². The summed E-state index contributed by atoms with van der Waals surface area (Å²) in [6, 6.07) is 14.8. The molecule has 1 aromatic heterocycles. The van der Waals surface area contributed by atoms with Crippen molar-refractivity contribution >= 4 is 46.3 Å². The molecule has 25 heavy (non-hydrogen) atoms. The molecule has 1 amide bonds. The van der Waals surface area contributed by atoms with E-state index in [0.29, 0.717) is 16.5 Å². The second-order valence-electron chi connectivity index (χ2n) is 5.21. The molecule has 0 saturated carbocycles. The predicted octanol–water partition coefficient (Wildman–Crippen LogP) is 4.80. The smallest absolute Gasteiger partial charge is 0.275 e. The summed E-state index contributed by atoms with van der Waals surface area (Å²) in [5.74, 6) is 0.217. The van der Waals surface area contributed by atoms with E-state index in [-0.39, 0.29) is 10.7 Å². The Labute approximate surface area is 155 Å². The van der Waals surface area contributed by atoms with E-state index in [9.17, 15) is 4.79 Å². The van der Waals surface area contributed by atoms with Gasteiger partial charge in [0.2, 0.25) is 0 Å². The average molecular weight is 373 g/mol. The molecule has 0 fully saturated rings. The quantitative estimate of drug-likeness (QED) is 0.714. The Hall–Kier alpha value is -2.63. The van der Waals surface area contributed by atoms with E-state index in [1.165, 1.54) is 6.20 Å². The third-order valence-corrected chi connectivity index (χ3v) is 4.38. The first-order valence-corrected chi connectivity index (χ1v) is 8.18. The van der Waals surface area contributed by atoms with Gasteiger partial charge in [-0.15, -0.1) is 0 Å². The maximum absolute atomic E-state index is 12.3. The molecule has 1 heterocycles. The Morgan fingerprint density at radius 1 is 1.00 bits per heavy atom. The minimum atomic E-state index is -0.411. The highest BCUT2D eigenvalue weighted by Gasteiger charge is 2.13. The standard InChI is InChI=1S/C18H14Cl2N4O/c1-24(12-6-3-2-4-7-12)16-11-21-15(10-22-16)18(25)23-14-9-5-8-13(19)17(14)20/h2-11H,1H3,(H,23,25). The van der Waals surface area contributed by atoms with Crippen molar-refractivity contribution < 1.29 is 4.79 Å². The Balaban J connectivity index is 1.76. The van der Waals surface area contributed by atoms with Crippen molar-refractivity contribution in [3.63, 3.8) is 0 Å². The van der Waals surface area contributed by atoms with Gasteiger partial charge in [0.25, 0.3) is 5.91 Å². The molecule has 2 aromatic carbocycles. The van der Waals surface area contributed by atoms with Gasteiger partial charge >= 0.3 is 0 Å². The molecule has 3 aromatic rings. The number of anilines is 3. The lowest BCUT2D eigenvalue weighted by Gasteiger charge is -2.17. The minimum absolute atomic E-state index is 0.182. The lowest BCUT2D eigenvalue weighted by atomic mass is 10.3. The van der Waals surface area contributed by atoms with Crippen LogP contribution in [0.15, 0.2) is 60.9 Å². The van der Waals surface area contributed by atoms with Crippen LogP contribution in [0.5, 0.6) is 0 Å². The van der Waals surface area contributed by atoms with Crippen LogP contribution in [0.3, 0.4) is 0 Å². The molecule has 126 valence electrons. The number of carbonyl (C=O) groups is 1. The number of amides is 1. The molecule has 0 unspecified atom stereocenters. The van der Waals surface area contributed by atoms with Crippen LogP contribution < -0.4 is 10.2 Å². The molecular formula is C18H14Cl2N4O. The van der Waals surface area contributed by atoms with Gasteiger partial charge in [-0.25, -0.2) is 9.97 Å². The van der Waals surface area contributed by atoms with Crippen LogP contribution >= 0.6 is 23.2 Å². The van der Waals surface area contributed by atoms with Crippen LogP contribution in [0.1, 0.15) is 10.5 Å². The summed E-state index contributed by atoms with van der Waals surface area (Å²) in [5.41, 5.74) is 1.58. The van der Waals surface area contributed by atoms with Crippen molar-refractivity contribution in [2.45, 2.75) is 0 Å². The molecule has 0 aliphatic heterocycles. The van der Waals surface area contributed by atoms with Gasteiger partial charge in [-0.1, -0.05) is 47.5 Å². The number of rotatable bonds is 4. The molecule has 0 bridgehead atoms. The van der Waals surface area contributed by atoms with E-state index in [2.05, 4.69) is 15.3 Å². The summed E-state index contributed by atoms with van der Waals surface area (Å²) in [6.45, 7) is 0. The molecule has 0 spiro atoms. The van der Waals surface area contributed by atoms with E-state index in [1.807, 2.05) is 42.3 Å². The van der Waals surface area contributed by atoms with Crippen LogP contribution in [0.4, 0.5) is 17.2 Å². The lowest BCUT2D eigenvalue weighted by molar-refractivity contribution is 0.102. The number of hydrogen-bond donors (Lipinski definition) is 1. The molecule has 7 heteroatoms. The highest BCUT2D eigenvalue weighted by molar-refractivity contribution is 6.44. The summed E-state index contributed by atoms with van der Waals surface area (Å²) in [6.07, 6.45) is 2.96. The Morgan fingerprint density at radius 3 is 2.44 bits per heavy atom. The fourth-order valence-corrected chi connectivity index (χ4v) is 2.53. The van der Waals surface area contributed by atoms with E-state index < -0.39 is 5.91 Å². The lowest BCUT2D eigenvalue weighted by Crippen LogP contribution is -2.16. The van der Waals surface area contributed by atoms with E-state index in [1.54, 1.807) is 24.4 Å². The molecule has 5 nitrogen and oxygen atoms in total. The second kappa shape index (κ2) is 7.51. The Kier molecular flexibility index (Phi) is 5.16. The van der Waals surface area contributed by atoms with E-state index in [0.717, 1.165) is 5.69 Å². The van der Waals surface area contributed by atoms with Crippen LogP contribution in [0.25, 0.3) is 0 Å². The van der Waals surface area contributed by atoms with Crippen LogP contribution in [0, 0.1) is 0 Å². The van der Waals surface area contributed by atoms with Crippen molar-refractivity contribution in [1.29, 1.82) is 0 Å². The number of halogens is 2. The number of nitrogens with one attached hydrogen (secondary N) is 1. The number of para-hydroxylation sites is 1. The number of nitrogens with zero attached hydrogens (tertiary/aromatic N) is 3. The minimum Gasteiger partial charge on any atom is -0.328 e. The summed E-state index contributed by atoms with van der Waals surface area (Å²) in [4.78, 5) is 22.7. The van der Waals surface area contributed by atoms with Gasteiger partial charge < -0.3 is 10.2 Å². The third-order valence-electron chi connectivity index (χ3n) is 3.56. The Morgan fingerprint density at radius 2 is 1.76 bits per heavy atom. The summed E-state index contributed by atoms with van der Waals surface area (Å²) in [7, 11) is 1.88. The molecule has 0 atom stereocenters. The zero-order valence-electron chi connectivity index (χ0n) is 13.3. The molecule has 0 aliphatic carbocycles. The molecule has 0 aliphatic rings. The predicted molar refractivity (Wildman–Crippen MR) is 101 cm³/mol. The van der Waals surface area contributed by atoms with Crippen molar-refractivity contribution in [2.75, 3.05) is 17.3 Å². The van der Waals surface area contributed by atoms with Crippen molar-refractivity contribution in [1.82, 2.24) is 9.97 Å². The largest absolute Gasteiger partial charge is 0.328 e. The zero-order chi connectivity index (χ0) is 17.8. The first-order valence-electron chi connectivity index (χ1n) is 7.42. The third kappa shape index (κ3) is 3.90. The molecule has 0 radical (unpaired) electrons. The van der Waals surface area contributed by atoms with Crippen LogP contribution in [-0.4, -0.2) is 22.9 Å².